The van der Waals surface area contributed by atoms with Crippen molar-refractivity contribution in [2.24, 2.45) is 0 Å². The van der Waals surface area contributed by atoms with Gasteiger partial charge in [-0.05, 0) is 64.4 Å². The molecule has 1 aliphatic rings. The zero-order valence-electron chi connectivity index (χ0n) is 16.7. The van der Waals surface area contributed by atoms with Crippen LogP contribution in [0.1, 0.15) is 38.2 Å². The second kappa shape index (κ2) is 10.9. The smallest absolute Gasteiger partial charge is 0.119 e. The number of hydrogen-bond acceptors (Lipinski definition) is 5. The quantitative estimate of drug-likeness (QED) is 0.591. The van der Waals surface area contributed by atoms with Crippen LogP contribution in [0.4, 0.5) is 0 Å². The molecule has 2 rings (SSSR count). The summed E-state index contributed by atoms with van der Waals surface area (Å²) in [5, 5.41) is 12.1. The minimum Gasteiger partial charge on any atom is -0.494 e. The lowest BCUT2D eigenvalue weighted by atomic mass is 9.74. The monoisotopic (exact) mass is 364 g/mol. The molecule has 0 radical (unpaired) electrons. The van der Waals surface area contributed by atoms with Crippen molar-refractivity contribution < 1.29 is 14.6 Å². The standard InChI is InChI=1S/C21H36N2O3/c1-18(22-12-13-24)5-4-14-26-20-8-6-19(7-9-20)21(17-23(2)3)10-15-25-16-11-21/h6-9,18,22,24H,4-5,10-17H2,1-3H3. The minimum absolute atomic E-state index is 0.189. The first-order valence-corrected chi connectivity index (χ1v) is 9.86. The van der Waals surface area contributed by atoms with Crippen LogP contribution in [-0.2, 0) is 10.2 Å². The third-order valence-electron chi connectivity index (χ3n) is 5.19. The van der Waals surface area contributed by atoms with Crippen LogP contribution in [-0.4, -0.2) is 69.7 Å². The van der Waals surface area contributed by atoms with E-state index in [1.165, 1.54) is 5.56 Å². The third-order valence-corrected chi connectivity index (χ3v) is 5.19. The van der Waals surface area contributed by atoms with Gasteiger partial charge in [0.2, 0.25) is 0 Å². The van der Waals surface area contributed by atoms with E-state index in [0.717, 1.165) is 57.8 Å². The number of aliphatic hydroxyl groups excluding tert-OH is 1. The van der Waals surface area contributed by atoms with E-state index in [2.05, 4.69) is 55.5 Å². The Labute approximate surface area is 158 Å². The number of ether oxygens (including phenoxy) is 2. The fourth-order valence-electron chi connectivity index (χ4n) is 3.80. The highest BCUT2D eigenvalue weighted by Crippen LogP contribution is 2.36. The van der Waals surface area contributed by atoms with Crippen molar-refractivity contribution in [3.05, 3.63) is 29.8 Å². The summed E-state index contributed by atoms with van der Waals surface area (Å²) >= 11 is 0. The van der Waals surface area contributed by atoms with E-state index in [4.69, 9.17) is 14.6 Å². The maximum Gasteiger partial charge on any atom is 0.119 e. The Bertz CT molecular complexity index is 498. The minimum atomic E-state index is 0.189. The van der Waals surface area contributed by atoms with E-state index in [-0.39, 0.29) is 12.0 Å². The highest BCUT2D eigenvalue weighted by atomic mass is 16.5. The van der Waals surface area contributed by atoms with Crippen molar-refractivity contribution in [3.8, 4) is 5.75 Å². The van der Waals surface area contributed by atoms with Crippen LogP contribution >= 0.6 is 0 Å². The maximum atomic E-state index is 8.82. The van der Waals surface area contributed by atoms with Crippen LogP contribution < -0.4 is 10.1 Å². The number of benzene rings is 1. The van der Waals surface area contributed by atoms with E-state index in [9.17, 15) is 0 Å². The molecule has 0 spiro atoms. The molecule has 1 aliphatic heterocycles. The van der Waals surface area contributed by atoms with Gasteiger partial charge in [-0.1, -0.05) is 12.1 Å². The topological polar surface area (TPSA) is 54.0 Å². The maximum absolute atomic E-state index is 8.82. The number of nitrogens with zero attached hydrogens (tertiary/aromatic N) is 1. The van der Waals surface area contributed by atoms with Gasteiger partial charge in [0.25, 0.3) is 0 Å². The fourth-order valence-corrected chi connectivity index (χ4v) is 3.80. The van der Waals surface area contributed by atoms with Crippen LogP contribution in [0, 0.1) is 0 Å². The second-order valence-electron chi connectivity index (χ2n) is 7.72. The van der Waals surface area contributed by atoms with Crippen LogP contribution in [0.3, 0.4) is 0 Å². The predicted octanol–water partition coefficient (Wildman–Crippen LogP) is 2.43. The van der Waals surface area contributed by atoms with Gasteiger partial charge in [0.1, 0.15) is 5.75 Å². The summed E-state index contributed by atoms with van der Waals surface area (Å²) in [6.45, 7) is 6.44. The molecule has 148 valence electrons. The highest BCUT2D eigenvalue weighted by molar-refractivity contribution is 5.33. The largest absolute Gasteiger partial charge is 0.494 e. The molecule has 0 aliphatic carbocycles. The van der Waals surface area contributed by atoms with Gasteiger partial charge in [-0.3, -0.25) is 0 Å². The Kier molecular flexibility index (Phi) is 8.85. The average molecular weight is 365 g/mol. The van der Waals surface area contributed by atoms with Crippen molar-refractivity contribution in [2.45, 2.75) is 44.1 Å². The molecule has 1 saturated heterocycles. The van der Waals surface area contributed by atoms with Gasteiger partial charge >= 0.3 is 0 Å². The molecular weight excluding hydrogens is 328 g/mol. The Morgan fingerprint density at radius 3 is 2.54 bits per heavy atom. The molecule has 1 aromatic carbocycles. The van der Waals surface area contributed by atoms with Gasteiger partial charge < -0.3 is 24.8 Å². The van der Waals surface area contributed by atoms with Crippen LogP contribution in [0.25, 0.3) is 0 Å². The number of aliphatic hydroxyl groups is 1. The number of nitrogens with one attached hydrogen (secondary N) is 1. The predicted molar refractivity (Wildman–Crippen MR) is 106 cm³/mol. The summed E-state index contributed by atoms with van der Waals surface area (Å²) in [7, 11) is 4.29. The zero-order chi connectivity index (χ0) is 18.8. The van der Waals surface area contributed by atoms with Gasteiger partial charge in [-0.15, -0.1) is 0 Å². The molecule has 2 N–H and O–H groups in total. The lowest BCUT2D eigenvalue weighted by Gasteiger charge is -2.39. The van der Waals surface area contributed by atoms with Crippen molar-refractivity contribution in [1.29, 1.82) is 0 Å². The zero-order valence-corrected chi connectivity index (χ0v) is 16.7. The summed E-state index contributed by atoms with van der Waals surface area (Å²) in [4.78, 5) is 2.28. The van der Waals surface area contributed by atoms with Gasteiger partial charge in [-0.25, -0.2) is 0 Å². The van der Waals surface area contributed by atoms with E-state index in [1.807, 2.05) is 0 Å². The first-order chi connectivity index (χ1) is 12.6. The van der Waals surface area contributed by atoms with Crippen LogP contribution in [0.15, 0.2) is 24.3 Å². The Balaban J connectivity index is 1.84. The molecule has 1 unspecified atom stereocenters. The summed E-state index contributed by atoms with van der Waals surface area (Å²) in [5.41, 5.74) is 1.58. The van der Waals surface area contributed by atoms with E-state index in [1.54, 1.807) is 0 Å². The van der Waals surface area contributed by atoms with Gasteiger partial charge in [-0.2, -0.15) is 0 Å². The lowest BCUT2D eigenvalue weighted by molar-refractivity contribution is 0.0401. The number of likely N-dealkylation sites (N-methyl/N-ethyl adjacent to an activating group) is 1. The molecule has 0 saturated carbocycles. The summed E-state index contributed by atoms with van der Waals surface area (Å²) < 4.78 is 11.5. The van der Waals surface area contributed by atoms with E-state index < -0.39 is 0 Å². The Morgan fingerprint density at radius 1 is 1.23 bits per heavy atom. The van der Waals surface area contributed by atoms with Gasteiger partial charge in [0.05, 0.1) is 13.2 Å². The van der Waals surface area contributed by atoms with Gasteiger partial charge in [0, 0.05) is 37.8 Å². The first kappa shape index (κ1) is 21.2. The number of hydrogen-bond donors (Lipinski definition) is 2. The summed E-state index contributed by atoms with van der Waals surface area (Å²) in [5.74, 6) is 0.941. The molecule has 0 amide bonds. The van der Waals surface area contributed by atoms with Gasteiger partial charge in [0.15, 0.2) is 0 Å². The van der Waals surface area contributed by atoms with Crippen molar-refractivity contribution in [1.82, 2.24) is 10.2 Å². The molecule has 1 heterocycles. The van der Waals surface area contributed by atoms with E-state index in [0.29, 0.717) is 12.6 Å². The van der Waals surface area contributed by atoms with Crippen molar-refractivity contribution in [3.63, 3.8) is 0 Å². The SMILES string of the molecule is CC(CCCOc1ccc(C2(CN(C)C)CCOCC2)cc1)NCCO. The highest BCUT2D eigenvalue weighted by Gasteiger charge is 2.34. The molecule has 5 nitrogen and oxygen atoms in total. The van der Waals surface area contributed by atoms with Crippen LogP contribution in [0.5, 0.6) is 5.75 Å². The molecule has 0 aromatic heterocycles. The molecule has 1 fully saturated rings. The Hall–Kier alpha value is -1.14. The summed E-state index contributed by atoms with van der Waals surface area (Å²) in [6, 6.07) is 9.09. The van der Waals surface area contributed by atoms with Crippen molar-refractivity contribution >= 4 is 0 Å². The number of rotatable bonds is 11. The normalized spacial score (nSPS) is 18.0. The summed E-state index contributed by atoms with van der Waals surface area (Å²) in [6.07, 6.45) is 4.20. The fraction of sp³-hybridized carbons (Fsp3) is 0.714. The molecule has 5 heteroatoms. The van der Waals surface area contributed by atoms with Crippen LogP contribution in [0.2, 0.25) is 0 Å². The second-order valence-corrected chi connectivity index (χ2v) is 7.72. The first-order valence-electron chi connectivity index (χ1n) is 9.86. The Morgan fingerprint density at radius 2 is 1.92 bits per heavy atom. The lowest BCUT2D eigenvalue weighted by Crippen LogP contribution is -2.42. The third kappa shape index (κ3) is 6.54. The molecule has 0 bridgehead atoms. The molecule has 26 heavy (non-hydrogen) atoms. The van der Waals surface area contributed by atoms with E-state index >= 15 is 0 Å². The molecule has 1 aromatic rings. The molecular formula is C21H36N2O3. The molecule has 1 atom stereocenters. The average Bonchev–Trinajstić information content (AvgIpc) is 2.64. The van der Waals surface area contributed by atoms with Crippen molar-refractivity contribution in [2.75, 3.05) is 53.6 Å².